The van der Waals surface area contributed by atoms with Crippen LogP contribution in [0.3, 0.4) is 0 Å². The Morgan fingerprint density at radius 1 is 1.18 bits per heavy atom. The van der Waals surface area contributed by atoms with E-state index in [1.165, 1.54) is 5.69 Å². The summed E-state index contributed by atoms with van der Waals surface area (Å²) in [6, 6.07) is 8.14. The normalized spacial score (nSPS) is 22.3. The minimum Gasteiger partial charge on any atom is -0.481 e. The van der Waals surface area contributed by atoms with Crippen LogP contribution in [0.25, 0.3) is 5.69 Å². The highest BCUT2D eigenvalue weighted by Gasteiger charge is 2.59. The first-order valence-corrected chi connectivity index (χ1v) is 10.2. The molecule has 1 aromatic heterocycles. The molecule has 1 aliphatic heterocycles. The molecule has 1 N–H and O–H groups in total. The quantitative estimate of drug-likeness (QED) is 0.890. The summed E-state index contributed by atoms with van der Waals surface area (Å²) in [4.78, 5) is 26.4. The third kappa shape index (κ3) is 2.58. The number of carboxylic acid groups (broad SMARTS) is 1. The van der Waals surface area contributed by atoms with E-state index in [1.807, 2.05) is 21.7 Å². The van der Waals surface area contributed by atoms with Gasteiger partial charge in [-0.3, -0.25) is 9.59 Å². The molecule has 2 fully saturated rings. The van der Waals surface area contributed by atoms with Crippen molar-refractivity contribution in [3.8, 4) is 5.69 Å². The smallest absolute Gasteiger partial charge is 0.307 e. The van der Waals surface area contributed by atoms with Crippen molar-refractivity contribution in [2.24, 2.45) is 11.3 Å². The molecule has 1 saturated carbocycles. The molecule has 1 aromatic carbocycles. The van der Waals surface area contributed by atoms with Crippen molar-refractivity contribution in [1.29, 1.82) is 0 Å². The van der Waals surface area contributed by atoms with Gasteiger partial charge in [-0.15, -0.1) is 0 Å². The summed E-state index contributed by atoms with van der Waals surface area (Å²) in [6.07, 6.45) is 5.26. The monoisotopic (exact) mass is 379 g/mol. The van der Waals surface area contributed by atoms with E-state index < -0.39 is 5.97 Å². The Bertz CT molecular complexity index is 969. The molecule has 1 saturated heterocycles. The van der Waals surface area contributed by atoms with Crippen molar-refractivity contribution in [3.63, 3.8) is 0 Å². The zero-order valence-corrected chi connectivity index (χ0v) is 16.1. The lowest BCUT2D eigenvalue weighted by Gasteiger charge is -2.32. The molecule has 146 valence electrons. The first-order chi connectivity index (χ1) is 13.5. The molecule has 0 bridgehead atoms. The van der Waals surface area contributed by atoms with Crippen LogP contribution < -0.4 is 0 Å². The first-order valence-electron chi connectivity index (χ1n) is 10.2. The van der Waals surface area contributed by atoms with E-state index in [1.54, 1.807) is 0 Å². The number of fused-ring (bicyclic) bond motifs is 1. The van der Waals surface area contributed by atoms with E-state index in [4.69, 9.17) is 5.10 Å². The van der Waals surface area contributed by atoms with Gasteiger partial charge in [0.25, 0.3) is 5.91 Å². The maximum atomic E-state index is 13.3. The highest BCUT2D eigenvalue weighted by atomic mass is 16.4. The lowest BCUT2D eigenvalue weighted by Crippen LogP contribution is -2.40. The predicted octanol–water partition coefficient (Wildman–Crippen LogP) is 3.00. The summed E-state index contributed by atoms with van der Waals surface area (Å²) in [5.74, 6) is -0.892. The van der Waals surface area contributed by atoms with Crippen LogP contribution >= 0.6 is 0 Å². The number of aliphatic carboxylic acids is 1. The van der Waals surface area contributed by atoms with Crippen LogP contribution in [-0.2, 0) is 17.6 Å². The minimum atomic E-state index is -0.686. The van der Waals surface area contributed by atoms with Crippen molar-refractivity contribution in [2.45, 2.75) is 45.4 Å². The summed E-state index contributed by atoms with van der Waals surface area (Å²) in [7, 11) is 0. The zero-order chi connectivity index (χ0) is 19.5. The number of rotatable bonds is 3. The number of hydrogen-bond donors (Lipinski definition) is 1. The number of aryl methyl sites for hydroxylation is 1. The largest absolute Gasteiger partial charge is 0.481 e. The molecule has 0 radical (unpaired) electrons. The number of hydrogen-bond acceptors (Lipinski definition) is 3. The maximum Gasteiger partial charge on any atom is 0.307 e. The minimum absolute atomic E-state index is 0.00728. The molecule has 1 spiro atoms. The molecule has 2 heterocycles. The standard InChI is InChI=1S/C22H25N3O3/c1-14-5-2-3-7-17(14)25-18-8-4-6-15(18)19(23-25)20(26)24-11-9-22(10-12-24)13-16(22)21(27)28/h2-3,5,7,16H,4,6,8-13H2,1H3,(H,27,28). The van der Waals surface area contributed by atoms with Crippen molar-refractivity contribution in [1.82, 2.24) is 14.7 Å². The number of nitrogens with zero attached hydrogens (tertiary/aromatic N) is 3. The maximum absolute atomic E-state index is 13.3. The van der Waals surface area contributed by atoms with Gasteiger partial charge < -0.3 is 10.0 Å². The van der Waals surface area contributed by atoms with Gasteiger partial charge in [-0.05, 0) is 62.5 Å². The van der Waals surface area contributed by atoms with Gasteiger partial charge in [0.15, 0.2) is 5.69 Å². The summed E-state index contributed by atoms with van der Waals surface area (Å²) in [6.45, 7) is 3.33. The number of likely N-dealkylation sites (tertiary alicyclic amines) is 1. The number of benzene rings is 1. The van der Waals surface area contributed by atoms with Crippen LogP contribution in [-0.4, -0.2) is 44.8 Å². The Kier molecular flexibility index (Phi) is 3.86. The summed E-state index contributed by atoms with van der Waals surface area (Å²) < 4.78 is 1.97. The second kappa shape index (κ2) is 6.19. The number of aromatic nitrogens is 2. The van der Waals surface area contributed by atoms with E-state index >= 15 is 0 Å². The van der Waals surface area contributed by atoms with Crippen LogP contribution in [0, 0.1) is 18.3 Å². The first kappa shape index (κ1) is 17.5. The van der Waals surface area contributed by atoms with Gasteiger partial charge in [0.05, 0.1) is 11.6 Å². The number of carboxylic acids is 1. The van der Waals surface area contributed by atoms with Crippen molar-refractivity contribution < 1.29 is 14.7 Å². The SMILES string of the molecule is Cc1ccccc1-n1nc(C(=O)N2CCC3(CC2)CC3C(=O)O)c2c1CCC2. The van der Waals surface area contributed by atoms with Crippen LogP contribution in [0.2, 0.25) is 0 Å². The lowest BCUT2D eigenvalue weighted by atomic mass is 9.90. The van der Waals surface area contributed by atoms with Gasteiger partial charge in [0, 0.05) is 24.3 Å². The fraction of sp³-hybridized carbons (Fsp3) is 0.500. The zero-order valence-electron chi connectivity index (χ0n) is 16.1. The Labute approximate surface area is 164 Å². The summed E-state index contributed by atoms with van der Waals surface area (Å²) >= 11 is 0. The van der Waals surface area contributed by atoms with Crippen molar-refractivity contribution in [2.75, 3.05) is 13.1 Å². The van der Waals surface area contributed by atoms with Gasteiger partial charge in [-0.1, -0.05) is 18.2 Å². The van der Waals surface area contributed by atoms with E-state index in [0.29, 0.717) is 18.8 Å². The molecule has 28 heavy (non-hydrogen) atoms. The molecule has 2 aliphatic carbocycles. The van der Waals surface area contributed by atoms with Crippen molar-refractivity contribution in [3.05, 3.63) is 46.8 Å². The molecule has 6 nitrogen and oxygen atoms in total. The molecular formula is C22H25N3O3. The predicted molar refractivity (Wildman–Crippen MR) is 104 cm³/mol. The average molecular weight is 379 g/mol. The van der Waals surface area contributed by atoms with Crippen LogP contribution in [0.4, 0.5) is 0 Å². The Morgan fingerprint density at radius 3 is 2.61 bits per heavy atom. The summed E-state index contributed by atoms with van der Waals surface area (Å²) in [5, 5.41) is 14.0. The number of piperidine rings is 1. The fourth-order valence-electron chi connectivity index (χ4n) is 5.16. The number of para-hydroxylation sites is 1. The molecule has 5 rings (SSSR count). The molecule has 1 amide bonds. The molecule has 6 heteroatoms. The average Bonchev–Trinajstić information content (AvgIpc) is 3.02. The van der Waals surface area contributed by atoms with Crippen LogP contribution in [0.1, 0.15) is 53.0 Å². The van der Waals surface area contributed by atoms with E-state index in [-0.39, 0.29) is 17.2 Å². The number of amides is 1. The van der Waals surface area contributed by atoms with E-state index in [9.17, 15) is 14.7 Å². The topological polar surface area (TPSA) is 75.4 Å². The summed E-state index contributed by atoms with van der Waals surface area (Å²) in [5.41, 5.74) is 4.98. The molecule has 1 unspecified atom stereocenters. The Balaban J connectivity index is 1.40. The lowest BCUT2D eigenvalue weighted by molar-refractivity contribution is -0.139. The Morgan fingerprint density at radius 2 is 1.93 bits per heavy atom. The van der Waals surface area contributed by atoms with E-state index in [0.717, 1.165) is 55.3 Å². The molecule has 3 aliphatic rings. The third-order valence-corrected chi connectivity index (χ3v) is 7.01. The highest BCUT2D eigenvalue weighted by molar-refractivity contribution is 5.94. The van der Waals surface area contributed by atoms with Gasteiger partial charge in [-0.2, -0.15) is 5.10 Å². The van der Waals surface area contributed by atoms with E-state index in [2.05, 4.69) is 19.1 Å². The second-order valence-electron chi connectivity index (χ2n) is 8.58. The van der Waals surface area contributed by atoms with Gasteiger partial charge in [0.2, 0.25) is 0 Å². The third-order valence-electron chi connectivity index (χ3n) is 7.01. The molecule has 1 atom stereocenters. The second-order valence-corrected chi connectivity index (χ2v) is 8.58. The molecule has 2 aromatic rings. The number of carbonyl (C=O) groups is 2. The number of carbonyl (C=O) groups excluding carboxylic acids is 1. The van der Waals surface area contributed by atoms with Crippen LogP contribution in [0.15, 0.2) is 24.3 Å². The van der Waals surface area contributed by atoms with Gasteiger partial charge >= 0.3 is 5.97 Å². The highest BCUT2D eigenvalue weighted by Crippen LogP contribution is 2.59. The fourth-order valence-corrected chi connectivity index (χ4v) is 5.16. The Hall–Kier alpha value is -2.63. The van der Waals surface area contributed by atoms with Crippen LogP contribution in [0.5, 0.6) is 0 Å². The molecular weight excluding hydrogens is 354 g/mol. The van der Waals surface area contributed by atoms with Crippen molar-refractivity contribution >= 4 is 11.9 Å². The van der Waals surface area contributed by atoms with Gasteiger partial charge in [0.1, 0.15) is 0 Å². The van der Waals surface area contributed by atoms with Gasteiger partial charge in [-0.25, -0.2) is 4.68 Å².